The molecule has 0 aliphatic carbocycles. The number of anilines is 1. The molecule has 0 aliphatic heterocycles. The predicted octanol–water partition coefficient (Wildman–Crippen LogP) is 3.22. The largest absolute Gasteiger partial charge is 0.309 e. The van der Waals surface area contributed by atoms with Crippen molar-refractivity contribution in [2.45, 2.75) is 34.2 Å². The van der Waals surface area contributed by atoms with E-state index in [2.05, 4.69) is 22.5 Å². The molecule has 0 unspecified atom stereocenters. The lowest BCUT2D eigenvalue weighted by Crippen LogP contribution is -2.27. The predicted molar refractivity (Wildman–Crippen MR) is 80.6 cm³/mol. The number of aryl methyl sites for hydroxylation is 1. The Kier molecular flexibility index (Phi) is 3.93. The Labute approximate surface area is 119 Å². The summed E-state index contributed by atoms with van der Waals surface area (Å²) >= 11 is 0. The molecule has 0 spiro atoms. The molecule has 0 saturated heterocycles. The first-order chi connectivity index (χ1) is 9.36. The van der Waals surface area contributed by atoms with Crippen molar-refractivity contribution >= 4 is 11.7 Å². The first kappa shape index (κ1) is 14.3. The van der Waals surface area contributed by atoms with Crippen LogP contribution in [0.2, 0.25) is 0 Å². The fourth-order valence-electron chi connectivity index (χ4n) is 1.79. The molecule has 1 aromatic carbocycles. The van der Waals surface area contributed by atoms with E-state index < -0.39 is 5.41 Å². The molecule has 0 fully saturated rings. The molecular formula is C16H21N3O. The molecular weight excluding hydrogens is 250 g/mol. The molecule has 0 saturated carbocycles. The lowest BCUT2D eigenvalue weighted by molar-refractivity contribution is -0.123. The molecule has 106 valence electrons. The Balaban J connectivity index is 2.12. The van der Waals surface area contributed by atoms with Crippen LogP contribution >= 0.6 is 0 Å². The third-order valence-corrected chi connectivity index (χ3v) is 3.08. The van der Waals surface area contributed by atoms with E-state index in [1.807, 2.05) is 56.6 Å². The highest BCUT2D eigenvalue weighted by molar-refractivity contribution is 5.93. The maximum Gasteiger partial charge on any atom is 0.230 e. The summed E-state index contributed by atoms with van der Waals surface area (Å²) in [5.41, 5.74) is 1.79. The van der Waals surface area contributed by atoms with Crippen molar-refractivity contribution in [1.29, 1.82) is 0 Å². The summed E-state index contributed by atoms with van der Waals surface area (Å²) in [4.78, 5) is 12.0. The normalized spacial score (nSPS) is 11.4. The van der Waals surface area contributed by atoms with Gasteiger partial charge in [-0.15, -0.1) is 0 Å². The van der Waals surface area contributed by atoms with Gasteiger partial charge >= 0.3 is 0 Å². The SMILES string of the molecule is Cc1cc(NC(=O)C(C)(C)C)nn1Cc1ccccc1. The lowest BCUT2D eigenvalue weighted by Gasteiger charge is -2.16. The minimum absolute atomic E-state index is 0.0261. The van der Waals surface area contributed by atoms with Gasteiger partial charge in [0.25, 0.3) is 0 Å². The fraction of sp³-hybridized carbons (Fsp3) is 0.375. The summed E-state index contributed by atoms with van der Waals surface area (Å²) in [5, 5.41) is 7.30. The van der Waals surface area contributed by atoms with Gasteiger partial charge in [0.2, 0.25) is 5.91 Å². The van der Waals surface area contributed by atoms with Crippen LogP contribution in [-0.4, -0.2) is 15.7 Å². The fourth-order valence-corrected chi connectivity index (χ4v) is 1.79. The van der Waals surface area contributed by atoms with E-state index in [-0.39, 0.29) is 5.91 Å². The molecule has 1 amide bonds. The first-order valence-corrected chi connectivity index (χ1v) is 6.76. The highest BCUT2D eigenvalue weighted by Crippen LogP contribution is 2.17. The van der Waals surface area contributed by atoms with E-state index in [1.165, 1.54) is 5.56 Å². The second-order valence-corrected chi connectivity index (χ2v) is 6.02. The third kappa shape index (κ3) is 3.47. The van der Waals surface area contributed by atoms with E-state index in [9.17, 15) is 4.79 Å². The van der Waals surface area contributed by atoms with Gasteiger partial charge in [0.05, 0.1) is 6.54 Å². The van der Waals surface area contributed by atoms with Crippen LogP contribution in [0.1, 0.15) is 32.0 Å². The van der Waals surface area contributed by atoms with Crippen molar-refractivity contribution in [2.75, 3.05) is 5.32 Å². The molecule has 4 heteroatoms. The standard InChI is InChI=1S/C16H21N3O/c1-12-10-14(17-15(20)16(2,3)4)18-19(12)11-13-8-6-5-7-9-13/h5-10H,11H2,1-4H3,(H,17,18,20). The minimum Gasteiger partial charge on any atom is -0.309 e. The highest BCUT2D eigenvalue weighted by atomic mass is 16.2. The maximum absolute atomic E-state index is 12.0. The summed E-state index contributed by atoms with van der Waals surface area (Å²) in [6.07, 6.45) is 0. The van der Waals surface area contributed by atoms with Gasteiger partial charge in [0.15, 0.2) is 5.82 Å². The molecule has 0 radical (unpaired) electrons. The van der Waals surface area contributed by atoms with E-state index in [0.29, 0.717) is 12.4 Å². The molecule has 0 aliphatic rings. The minimum atomic E-state index is -0.420. The van der Waals surface area contributed by atoms with Crippen LogP contribution < -0.4 is 5.32 Å². The van der Waals surface area contributed by atoms with Crippen molar-refractivity contribution < 1.29 is 4.79 Å². The zero-order chi connectivity index (χ0) is 14.8. The maximum atomic E-state index is 12.0. The average Bonchev–Trinajstić information content (AvgIpc) is 2.70. The van der Waals surface area contributed by atoms with Gasteiger partial charge in [-0.05, 0) is 12.5 Å². The molecule has 1 heterocycles. The zero-order valence-electron chi connectivity index (χ0n) is 12.5. The second kappa shape index (κ2) is 5.49. The van der Waals surface area contributed by atoms with Crippen LogP contribution in [-0.2, 0) is 11.3 Å². The van der Waals surface area contributed by atoms with Gasteiger partial charge in [0.1, 0.15) is 0 Å². The van der Waals surface area contributed by atoms with Crippen LogP contribution in [0.15, 0.2) is 36.4 Å². The number of nitrogens with one attached hydrogen (secondary N) is 1. The van der Waals surface area contributed by atoms with Gasteiger partial charge in [0, 0.05) is 17.2 Å². The Morgan fingerprint density at radius 1 is 1.25 bits per heavy atom. The Morgan fingerprint density at radius 3 is 2.50 bits per heavy atom. The molecule has 2 aromatic rings. The van der Waals surface area contributed by atoms with Gasteiger partial charge in [-0.25, -0.2) is 0 Å². The van der Waals surface area contributed by atoms with Crippen molar-refractivity contribution in [3.63, 3.8) is 0 Å². The first-order valence-electron chi connectivity index (χ1n) is 6.76. The van der Waals surface area contributed by atoms with Crippen LogP contribution in [0, 0.1) is 12.3 Å². The summed E-state index contributed by atoms with van der Waals surface area (Å²) in [6.45, 7) is 8.35. The van der Waals surface area contributed by atoms with E-state index in [4.69, 9.17) is 0 Å². The molecule has 1 aromatic heterocycles. The number of hydrogen-bond acceptors (Lipinski definition) is 2. The van der Waals surface area contributed by atoms with Crippen molar-refractivity contribution in [3.8, 4) is 0 Å². The summed E-state index contributed by atoms with van der Waals surface area (Å²) in [5.74, 6) is 0.584. The van der Waals surface area contributed by atoms with Crippen LogP contribution in [0.4, 0.5) is 5.82 Å². The van der Waals surface area contributed by atoms with Crippen molar-refractivity contribution in [1.82, 2.24) is 9.78 Å². The van der Waals surface area contributed by atoms with E-state index in [0.717, 1.165) is 5.69 Å². The summed E-state index contributed by atoms with van der Waals surface area (Å²) in [7, 11) is 0. The molecule has 0 bridgehead atoms. The monoisotopic (exact) mass is 271 g/mol. The summed E-state index contributed by atoms with van der Waals surface area (Å²) < 4.78 is 1.90. The number of nitrogens with zero attached hydrogens (tertiary/aromatic N) is 2. The molecule has 1 N–H and O–H groups in total. The molecule has 20 heavy (non-hydrogen) atoms. The van der Waals surface area contributed by atoms with Crippen LogP contribution in [0.25, 0.3) is 0 Å². The summed E-state index contributed by atoms with van der Waals surface area (Å²) in [6, 6.07) is 12.0. The van der Waals surface area contributed by atoms with E-state index in [1.54, 1.807) is 0 Å². The quantitative estimate of drug-likeness (QED) is 0.931. The number of benzene rings is 1. The molecule has 4 nitrogen and oxygen atoms in total. The van der Waals surface area contributed by atoms with Gasteiger partial charge in [-0.2, -0.15) is 5.10 Å². The lowest BCUT2D eigenvalue weighted by atomic mass is 9.96. The topological polar surface area (TPSA) is 46.9 Å². The van der Waals surface area contributed by atoms with Gasteiger partial charge < -0.3 is 5.32 Å². The Bertz CT molecular complexity index is 594. The number of hydrogen-bond donors (Lipinski definition) is 1. The van der Waals surface area contributed by atoms with Crippen LogP contribution in [0.5, 0.6) is 0 Å². The number of carbonyl (C=O) groups is 1. The smallest absolute Gasteiger partial charge is 0.230 e. The Morgan fingerprint density at radius 2 is 1.90 bits per heavy atom. The molecule has 0 atom stereocenters. The zero-order valence-corrected chi connectivity index (χ0v) is 12.5. The third-order valence-electron chi connectivity index (χ3n) is 3.08. The van der Waals surface area contributed by atoms with Crippen molar-refractivity contribution in [2.24, 2.45) is 5.41 Å². The number of amides is 1. The second-order valence-electron chi connectivity index (χ2n) is 6.02. The van der Waals surface area contributed by atoms with E-state index >= 15 is 0 Å². The molecule has 2 rings (SSSR count). The number of rotatable bonds is 3. The highest BCUT2D eigenvalue weighted by Gasteiger charge is 2.22. The number of aromatic nitrogens is 2. The van der Waals surface area contributed by atoms with Gasteiger partial charge in [-0.1, -0.05) is 51.1 Å². The van der Waals surface area contributed by atoms with Gasteiger partial charge in [-0.3, -0.25) is 9.48 Å². The number of carbonyl (C=O) groups excluding carboxylic acids is 1. The van der Waals surface area contributed by atoms with Crippen molar-refractivity contribution in [3.05, 3.63) is 47.7 Å². The van der Waals surface area contributed by atoms with Crippen LogP contribution in [0.3, 0.4) is 0 Å². The average molecular weight is 271 g/mol. The Hall–Kier alpha value is -2.10.